The summed E-state index contributed by atoms with van der Waals surface area (Å²) in [5.41, 5.74) is 0.652. The van der Waals surface area contributed by atoms with E-state index in [1.807, 2.05) is 47.4 Å². The number of carboxylic acid groups (broad SMARTS) is 1. The number of nitrogens with zero attached hydrogens (tertiary/aromatic N) is 2. The standard InChI is InChI=1S/C22H24N2O4/c25-19-8-9-22(15-24(19)14-20(26)27)10-12-23(13-11-22)21(28)18-7-3-5-16-4-1-2-6-17(16)18/h1-7H,8-15H2,(H,26,27). The van der Waals surface area contributed by atoms with Crippen molar-refractivity contribution in [3.63, 3.8) is 0 Å². The minimum Gasteiger partial charge on any atom is -0.480 e. The third-order valence-electron chi connectivity index (χ3n) is 6.21. The van der Waals surface area contributed by atoms with Gasteiger partial charge in [-0.3, -0.25) is 14.4 Å². The molecular formula is C22H24N2O4. The highest BCUT2D eigenvalue weighted by molar-refractivity contribution is 6.07. The lowest BCUT2D eigenvalue weighted by Crippen LogP contribution is -2.53. The second-order valence-electron chi connectivity index (χ2n) is 7.96. The number of amides is 2. The van der Waals surface area contributed by atoms with Gasteiger partial charge in [0.2, 0.25) is 5.91 Å². The zero-order valence-corrected chi connectivity index (χ0v) is 15.8. The Bertz CT molecular complexity index is 926. The summed E-state index contributed by atoms with van der Waals surface area (Å²) in [6, 6.07) is 13.7. The van der Waals surface area contributed by atoms with Crippen molar-refractivity contribution < 1.29 is 19.5 Å². The van der Waals surface area contributed by atoms with Crippen LogP contribution in [0.4, 0.5) is 0 Å². The van der Waals surface area contributed by atoms with Crippen molar-refractivity contribution >= 4 is 28.6 Å². The fourth-order valence-corrected chi connectivity index (χ4v) is 4.58. The van der Waals surface area contributed by atoms with Crippen molar-refractivity contribution in [3.8, 4) is 0 Å². The number of piperidine rings is 2. The first-order valence-electron chi connectivity index (χ1n) is 9.74. The number of likely N-dealkylation sites (tertiary alicyclic amines) is 2. The predicted octanol–water partition coefficient (Wildman–Crippen LogP) is 2.77. The summed E-state index contributed by atoms with van der Waals surface area (Å²) < 4.78 is 0. The maximum absolute atomic E-state index is 13.1. The number of hydrogen-bond donors (Lipinski definition) is 1. The molecule has 6 heteroatoms. The van der Waals surface area contributed by atoms with Gasteiger partial charge >= 0.3 is 5.97 Å². The number of benzene rings is 2. The number of fused-ring (bicyclic) bond motifs is 1. The second kappa shape index (κ2) is 7.26. The van der Waals surface area contributed by atoms with Crippen LogP contribution in [0, 0.1) is 5.41 Å². The number of carboxylic acids is 1. The predicted molar refractivity (Wildman–Crippen MR) is 105 cm³/mol. The molecule has 1 N–H and O–H groups in total. The van der Waals surface area contributed by atoms with E-state index in [1.54, 1.807) is 0 Å². The molecule has 0 radical (unpaired) electrons. The zero-order chi connectivity index (χ0) is 19.7. The number of hydrogen-bond acceptors (Lipinski definition) is 3. The average Bonchev–Trinajstić information content (AvgIpc) is 2.70. The minimum atomic E-state index is -0.978. The van der Waals surface area contributed by atoms with Gasteiger partial charge in [-0.2, -0.15) is 0 Å². The first-order valence-corrected chi connectivity index (χ1v) is 9.74. The van der Waals surface area contributed by atoms with Gasteiger partial charge in [0.1, 0.15) is 6.54 Å². The molecule has 2 heterocycles. The van der Waals surface area contributed by atoms with Crippen LogP contribution in [0.3, 0.4) is 0 Å². The van der Waals surface area contributed by atoms with E-state index < -0.39 is 5.97 Å². The summed E-state index contributed by atoms with van der Waals surface area (Å²) in [6.45, 7) is 1.52. The van der Waals surface area contributed by atoms with E-state index in [9.17, 15) is 14.4 Å². The SMILES string of the molecule is O=C(O)CN1CC2(CCC1=O)CCN(C(=O)c1cccc3ccccc13)CC2. The number of rotatable bonds is 3. The van der Waals surface area contributed by atoms with Crippen LogP contribution >= 0.6 is 0 Å². The molecule has 1 spiro atoms. The molecule has 0 aromatic heterocycles. The van der Waals surface area contributed by atoms with E-state index in [0.29, 0.717) is 26.1 Å². The fraction of sp³-hybridized carbons (Fsp3) is 0.409. The van der Waals surface area contributed by atoms with Crippen LogP contribution in [0.15, 0.2) is 42.5 Å². The molecule has 146 valence electrons. The van der Waals surface area contributed by atoms with Crippen LogP contribution in [0.1, 0.15) is 36.0 Å². The van der Waals surface area contributed by atoms with Gasteiger partial charge in [0.25, 0.3) is 5.91 Å². The van der Waals surface area contributed by atoms with Gasteiger partial charge in [0.05, 0.1) is 0 Å². The molecule has 0 aliphatic carbocycles. The molecule has 2 saturated heterocycles. The molecule has 0 bridgehead atoms. The van der Waals surface area contributed by atoms with Crippen LogP contribution in [-0.2, 0) is 9.59 Å². The summed E-state index contributed by atoms with van der Waals surface area (Å²) >= 11 is 0. The van der Waals surface area contributed by atoms with Gasteiger partial charge in [-0.1, -0.05) is 36.4 Å². The Morgan fingerprint density at radius 1 is 1.00 bits per heavy atom. The molecule has 28 heavy (non-hydrogen) atoms. The van der Waals surface area contributed by atoms with Crippen molar-refractivity contribution in [2.24, 2.45) is 5.41 Å². The number of carbonyl (C=O) groups excluding carboxylic acids is 2. The lowest BCUT2D eigenvalue weighted by atomic mass is 9.72. The summed E-state index contributed by atoms with van der Waals surface area (Å²) in [6.07, 6.45) is 2.77. The molecule has 2 aromatic carbocycles. The van der Waals surface area contributed by atoms with Gasteiger partial charge in [-0.15, -0.1) is 0 Å². The largest absolute Gasteiger partial charge is 0.480 e. The Labute approximate surface area is 163 Å². The molecule has 6 nitrogen and oxygen atoms in total. The number of carbonyl (C=O) groups is 3. The van der Waals surface area contributed by atoms with Crippen LogP contribution < -0.4 is 0 Å². The molecular weight excluding hydrogens is 356 g/mol. The Balaban J connectivity index is 1.47. The highest BCUT2D eigenvalue weighted by Gasteiger charge is 2.42. The molecule has 0 saturated carbocycles. The first kappa shape index (κ1) is 18.5. The van der Waals surface area contributed by atoms with E-state index in [2.05, 4.69) is 0 Å². The van der Waals surface area contributed by atoms with Crippen molar-refractivity contribution in [2.45, 2.75) is 25.7 Å². The van der Waals surface area contributed by atoms with Crippen molar-refractivity contribution in [2.75, 3.05) is 26.2 Å². The summed E-state index contributed by atoms with van der Waals surface area (Å²) in [5, 5.41) is 11.1. The average molecular weight is 380 g/mol. The topological polar surface area (TPSA) is 77.9 Å². The summed E-state index contributed by atoms with van der Waals surface area (Å²) in [5.74, 6) is -1.02. The van der Waals surface area contributed by atoms with Crippen LogP contribution in [-0.4, -0.2) is 58.9 Å². The molecule has 2 aliphatic heterocycles. The Morgan fingerprint density at radius 3 is 2.46 bits per heavy atom. The van der Waals surface area contributed by atoms with E-state index in [0.717, 1.165) is 35.6 Å². The maximum Gasteiger partial charge on any atom is 0.323 e. The first-order chi connectivity index (χ1) is 13.5. The van der Waals surface area contributed by atoms with E-state index in [-0.39, 0.29) is 23.8 Å². The third kappa shape index (κ3) is 3.46. The monoisotopic (exact) mass is 380 g/mol. The highest BCUT2D eigenvalue weighted by atomic mass is 16.4. The van der Waals surface area contributed by atoms with E-state index >= 15 is 0 Å². The molecule has 4 rings (SSSR count). The Morgan fingerprint density at radius 2 is 1.71 bits per heavy atom. The van der Waals surface area contributed by atoms with Crippen molar-refractivity contribution in [1.29, 1.82) is 0 Å². The Hall–Kier alpha value is -2.89. The quantitative estimate of drug-likeness (QED) is 0.888. The smallest absolute Gasteiger partial charge is 0.323 e. The third-order valence-corrected chi connectivity index (χ3v) is 6.21. The molecule has 0 unspecified atom stereocenters. The van der Waals surface area contributed by atoms with Gasteiger partial charge in [0.15, 0.2) is 0 Å². The van der Waals surface area contributed by atoms with Crippen LogP contribution in [0.5, 0.6) is 0 Å². The van der Waals surface area contributed by atoms with Gasteiger partial charge in [-0.05, 0) is 41.5 Å². The highest BCUT2D eigenvalue weighted by Crippen LogP contribution is 2.40. The summed E-state index contributed by atoms with van der Waals surface area (Å²) in [4.78, 5) is 39.6. The van der Waals surface area contributed by atoms with E-state index in [4.69, 9.17) is 5.11 Å². The lowest BCUT2D eigenvalue weighted by Gasteiger charge is -2.47. The Kier molecular flexibility index (Phi) is 4.79. The minimum absolute atomic E-state index is 0.0425. The normalized spacial score (nSPS) is 19.2. The molecule has 2 aliphatic rings. The van der Waals surface area contributed by atoms with Crippen LogP contribution in [0.2, 0.25) is 0 Å². The van der Waals surface area contributed by atoms with Gasteiger partial charge in [-0.25, -0.2) is 0 Å². The molecule has 2 aromatic rings. The molecule has 0 atom stereocenters. The lowest BCUT2D eigenvalue weighted by molar-refractivity contribution is -0.149. The van der Waals surface area contributed by atoms with Gasteiger partial charge in [0, 0.05) is 31.6 Å². The van der Waals surface area contributed by atoms with Crippen LogP contribution in [0.25, 0.3) is 10.8 Å². The van der Waals surface area contributed by atoms with Gasteiger partial charge < -0.3 is 14.9 Å². The molecule has 2 fully saturated rings. The van der Waals surface area contributed by atoms with Crippen molar-refractivity contribution in [1.82, 2.24) is 9.80 Å². The summed E-state index contributed by atoms with van der Waals surface area (Å²) in [7, 11) is 0. The van der Waals surface area contributed by atoms with E-state index in [1.165, 1.54) is 4.90 Å². The van der Waals surface area contributed by atoms with Crippen molar-refractivity contribution in [3.05, 3.63) is 48.0 Å². The molecule has 2 amide bonds. The number of aliphatic carboxylic acids is 1. The zero-order valence-electron chi connectivity index (χ0n) is 15.8. The second-order valence-corrected chi connectivity index (χ2v) is 7.96. The maximum atomic E-state index is 13.1. The fourth-order valence-electron chi connectivity index (χ4n) is 4.58.